The summed E-state index contributed by atoms with van der Waals surface area (Å²) in [6.07, 6.45) is 14.3. The van der Waals surface area contributed by atoms with E-state index in [9.17, 15) is 4.79 Å². The highest BCUT2D eigenvalue weighted by Crippen LogP contribution is 2.32. The molecule has 0 fully saturated rings. The molecule has 3 rings (SSSR count). The zero-order chi connectivity index (χ0) is 20.6. The molecule has 0 saturated heterocycles. The van der Waals surface area contributed by atoms with Gasteiger partial charge in [0.2, 0.25) is 0 Å². The maximum Gasteiger partial charge on any atom is 0.187 e. The normalized spacial score (nSPS) is 11.7. The lowest BCUT2D eigenvalue weighted by Crippen LogP contribution is -2.08. The summed E-state index contributed by atoms with van der Waals surface area (Å²) in [5.41, 5.74) is 3.83. The molecule has 0 amide bonds. The van der Waals surface area contributed by atoms with Crippen molar-refractivity contribution in [3.05, 3.63) is 52.2 Å². The minimum Gasteiger partial charge on any atom is -0.378 e. The van der Waals surface area contributed by atoms with Gasteiger partial charge in [-0.1, -0.05) is 57.6 Å². The summed E-state index contributed by atoms with van der Waals surface area (Å²) >= 11 is 1.64. The van der Waals surface area contributed by atoms with Crippen LogP contribution in [0.1, 0.15) is 63.9 Å². The van der Waals surface area contributed by atoms with Crippen molar-refractivity contribution >= 4 is 33.3 Å². The van der Waals surface area contributed by atoms with Crippen LogP contribution in [0.25, 0.3) is 26.9 Å². The van der Waals surface area contributed by atoms with E-state index in [-0.39, 0.29) is 5.43 Å². The molecule has 0 N–H and O–H groups in total. The minimum atomic E-state index is 0.0782. The van der Waals surface area contributed by atoms with Gasteiger partial charge < -0.3 is 4.90 Å². The van der Waals surface area contributed by atoms with Gasteiger partial charge in [0.05, 0.1) is 20.8 Å². The van der Waals surface area contributed by atoms with E-state index in [1.54, 1.807) is 17.4 Å². The van der Waals surface area contributed by atoms with E-state index in [0.717, 1.165) is 38.5 Å². The maximum atomic E-state index is 12.5. The van der Waals surface area contributed by atoms with Gasteiger partial charge in [0, 0.05) is 31.4 Å². The number of nitrogens with zero attached hydrogens (tertiary/aromatic N) is 2. The molecule has 0 saturated carbocycles. The molecule has 1 aliphatic heterocycles. The summed E-state index contributed by atoms with van der Waals surface area (Å²) < 4.78 is 1.10. The standard InChI is InChI=1S/C25H32N2OS/c1-4-5-6-7-8-9-10-11-12-13-19-16-22-25(18-23(19)28)29-24-17-20(27(2)3)14-15-21(24)26-22/h12-18H,4-11H2,1-3H3/b13-12+. The first kappa shape index (κ1) is 21.5. The Balaban J connectivity index is 1.67. The quantitative estimate of drug-likeness (QED) is 0.268. The van der Waals surface area contributed by atoms with Crippen LogP contribution in [0.2, 0.25) is 0 Å². The van der Waals surface area contributed by atoms with Crippen molar-refractivity contribution in [3.8, 4) is 10.6 Å². The third-order valence-electron chi connectivity index (χ3n) is 5.28. The number of hydrogen-bond acceptors (Lipinski definition) is 4. The maximum absolute atomic E-state index is 12.5. The highest BCUT2D eigenvalue weighted by atomic mass is 32.1. The summed E-state index contributed by atoms with van der Waals surface area (Å²) in [4.78, 5) is 20.3. The van der Waals surface area contributed by atoms with E-state index in [0.29, 0.717) is 0 Å². The van der Waals surface area contributed by atoms with Crippen molar-refractivity contribution in [2.45, 2.75) is 58.3 Å². The Labute approximate surface area is 178 Å². The molecule has 0 unspecified atom stereocenters. The molecule has 3 nitrogen and oxygen atoms in total. The fraction of sp³-hybridized carbons (Fsp3) is 0.440. The minimum absolute atomic E-state index is 0.0782. The number of benzene rings is 2. The lowest BCUT2D eigenvalue weighted by atomic mass is 10.1. The average molecular weight is 409 g/mol. The first-order valence-corrected chi connectivity index (χ1v) is 11.6. The van der Waals surface area contributed by atoms with E-state index in [2.05, 4.69) is 36.1 Å². The van der Waals surface area contributed by atoms with Gasteiger partial charge in [-0.25, -0.2) is 4.98 Å². The van der Waals surface area contributed by atoms with Gasteiger partial charge in [-0.05, 0) is 37.1 Å². The Hall–Kier alpha value is -2.20. The number of aromatic nitrogens is 1. The summed E-state index contributed by atoms with van der Waals surface area (Å²) in [5.74, 6) is 0. The Bertz CT molecular complexity index is 990. The third-order valence-corrected chi connectivity index (χ3v) is 6.38. The monoisotopic (exact) mass is 408 g/mol. The van der Waals surface area contributed by atoms with Crippen molar-refractivity contribution < 1.29 is 0 Å². The topological polar surface area (TPSA) is 33.2 Å². The van der Waals surface area contributed by atoms with Crippen molar-refractivity contribution in [1.29, 1.82) is 0 Å². The number of rotatable bonds is 10. The SMILES string of the molecule is CCCCCCCCC/C=C/c1cc2nc3ccc(N(C)C)cc3sc-2cc1=O. The zero-order valence-corrected chi connectivity index (χ0v) is 18.7. The van der Waals surface area contributed by atoms with Gasteiger partial charge >= 0.3 is 0 Å². The highest BCUT2D eigenvalue weighted by molar-refractivity contribution is 7.21. The van der Waals surface area contributed by atoms with Crippen LogP contribution in [0.4, 0.5) is 5.69 Å². The molecular formula is C25H32N2OS. The van der Waals surface area contributed by atoms with Crippen molar-refractivity contribution in [2.24, 2.45) is 0 Å². The number of allylic oxidation sites excluding steroid dienone is 1. The van der Waals surface area contributed by atoms with E-state index in [4.69, 9.17) is 4.98 Å². The van der Waals surface area contributed by atoms with E-state index in [1.807, 2.05) is 26.2 Å². The van der Waals surface area contributed by atoms with Crippen LogP contribution in [-0.4, -0.2) is 19.1 Å². The molecular weight excluding hydrogens is 376 g/mol. The van der Waals surface area contributed by atoms with Gasteiger partial charge in [-0.3, -0.25) is 4.79 Å². The summed E-state index contributed by atoms with van der Waals surface area (Å²) in [6, 6.07) is 9.95. The summed E-state index contributed by atoms with van der Waals surface area (Å²) in [7, 11) is 4.06. The highest BCUT2D eigenvalue weighted by Gasteiger charge is 2.11. The fourth-order valence-corrected chi connectivity index (χ4v) is 4.51. The van der Waals surface area contributed by atoms with Crippen molar-refractivity contribution in [3.63, 3.8) is 0 Å². The molecule has 1 heterocycles. The van der Waals surface area contributed by atoms with Crippen LogP contribution < -0.4 is 10.3 Å². The fourth-order valence-electron chi connectivity index (χ4n) is 3.50. The number of hydrogen-bond donors (Lipinski definition) is 0. The molecule has 1 aliphatic carbocycles. The van der Waals surface area contributed by atoms with Crippen LogP contribution in [0, 0.1) is 0 Å². The largest absolute Gasteiger partial charge is 0.378 e. The molecule has 29 heavy (non-hydrogen) atoms. The predicted molar refractivity (Wildman–Crippen MR) is 128 cm³/mol. The smallest absolute Gasteiger partial charge is 0.187 e. The van der Waals surface area contributed by atoms with Crippen molar-refractivity contribution in [2.75, 3.05) is 19.0 Å². The van der Waals surface area contributed by atoms with Gasteiger partial charge in [0.15, 0.2) is 5.43 Å². The lowest BCUT2D eigenvalue weighted by Gasteiger charge is -2.13. The second-order valence-corrected chi connectivity index (χ2v) is 9.01. The second-order valence-electron chi connectivity index (χ2n) is 7.93. The van der Waals surface area contributed by atoms with E-state index in [1.165, 1.54) is 44.9 Å². The van der Waals surface area contributed by atoms with Crippen molar-refractivity contribution in [1.82, 2.24) is 4.98 Å². The lowest BCUT2D eigenvalue weighted by molar-refractivity contribution is 0.592. The summed E-state index contributed by atoms with van der Waals surface area (Å²) in [6.45, 7) is 2.25. The first-order valence-electron chi connectivity index (χ1n) is 10.8. The van der Waals surface area contributed by atoms with E-state index < -0.39 is 0 Å². The first-order chi connectivity index (χ1) is 14.1. The van der Waals surface area contributed by atoms with Crippen LogP contribution in [0.3, 0.4) is 0 Å². The molecule has 1 aromatic rings. The van der Waals surface area contributed by atoms with Gasteiger partial charge in [0.25, 0.3) is 0 Å². The molecule has 2 aliphatic rings. The van der Waals surface area contributed by atoms with Crippen LogP contribution >= 0.6 is 11.3 Å². The molecule has 0 aromatic heterocycles. The second kappa shape index (κ2) is 10.5. The molecule has 4 heteroatoms. The van der Waals surface area contributed by atoms with Crippen LogP contribution in [-0.2, 0) is 0 Å². The summed E-state index contributed by atoms with van der Waals surface area (Å²) in [5, 5.41) is 0. The molecule has 0 bridgehead atoms. The Morgan fingerprint density at radius 1 is 1.00 bits per heavy atom. The molecule has 1 aromatic carbocycles. The average Bonchev–Trinajstić information content (AvgIpc) is 2.71. The molecule has 0 spiro atoms. The molecule has 0 atom stereocenters. The number of unbranched alkanes of at least 4 members (excludes halogenated alkanes) is 7. The number of fused-ring (bicyclic) bond motifs is 2. The Morgan fingerprint density at radius 3 is 2.52 bits per heavy atom. The molecule has 154 valence electrons. The zero-order valence-electron chi connectivity index (χ0n) is 17.9. The van der Waals surface area contributed by atoms with E-state index >= 15 is 0 Å². The predicted octanol–water partition coefficient (Wildman–Crippen LogP) is 6.98. The van der Waals surface area contributed by atoms with Gasteiger partial charge in [-0.15, -0.1) is 11.3 Å². The Kier molecular flexibility index (Phi) is 7.82. The molecule has 0 radical (unpaired) electrons. The van der Waals surface area contributed by atoms with Crippen LogP contribution in [0.5, 0.6) is 0 Å². The van der Waals surface area contributed by atoms with Gasteiger partial charge in [-0.2, -0.15) is 0 Å². The number of anilines is 1. The van der Waals surface area contributed by atoms with Crippen LogP contribution in [0.15, 0.2) is 41.2 Å². The third kappa shape index (κ3) is 5.89. The Morgan fingerprint density at radius 2 is 1.76 bits per heavy atom. The van der Waals surface area contributed by atoms with Gasteiger partial charge in [0.1, 0.15) is 0 Å².